The maximum atomic E-state index is 5.73. The average molecular weight is 288 g/mol. The lowest BCUT2D eigenvalue weighted by atomic mass is 9.99. The second-order valence-corrected chi connectivity index (χ2v) is 5.92. The quantitative estimate of drug-likeness (QED) is 0.916. The maximum Gasteiger partial charge on any atom is 0.157 e. The van der Waals surface area contributed by atoms with Crippen molar-refractivity contribution in [3.05, 3.63) is 23.5 Å². The van der Waals surface area contributed by atoms with Crippen LogP contribution in [0.2, 0.25) is 0 Å². The van der Waals surface area contributed by atoms with Gasteiger partial charge in [0, 0.05) is 38.3 Å². The fraction of sp³-hybridized carbons (Fsp3) is 0.625. The van der Waals surface area contributed by atoms with Gasteiger partial charge in [-0.2, -0.15) is 5.10 Å². The molecule has 0 radical (unpaired) electrons. The van der Waals surface area contributed by atoms with E-state index in [0.29, 0.717) is 12.0 Å². The molecule has 5 nitrogen and oxygen atoms in total. The zero-order chi connectivity index (χ0) is 14.8. The van der Waals surface area contributed by atoms with E-state index in [-0.39, 0.29) is 0 Å². The predicted molar refractivity (Wildman–Crippen MR) is 83.1 cm³/mol. The first-order valence-corrected chi connectivity index (χ1v) is 7.79. The maximum absolute atomic E-state index is 5.73. The van der Waals surface area contributed by atoms with Gasteiger partial charge in [0.2, 0.25) is 0 Å². The van der Waals surface area contributed by atoms with Crippen molar-refractivity contribution < 1.29 is 4.74 Å². The number of hydrogen-bond acceptors (Lipinski definition) is 4. The highest BCUT2D eigenvalue weighted by atomic mass is 16.5. The molecular weight excluding hydrogens is 264 g/mol. The number of aryl methyl sites for hydroxylation is 2. The summed E-state index contributed by atoms with van der Waals surface area (Å²) in [6, 6.07) is 2.19. The Morgan fingerprint density at radius 2 is 2.33 bits per heavy atom. The van der Waals surface area contributed by atoms with E-state index in [1.165, 1.54) is 12.0 Å². The molecule has 0 bridgehead atoms. The van der Waals surface area contributed by atoms with Crippen molar-refractivity contribution in [2.24, 2.45) is 13.0 Å². The van der Waals surface area contributed by atoms with Gasteiger partial charge in [-0.25, -0.2) is 4.98 Å². The molecule has 0 saturated carbocycles. The van der Waals surface area contributed by atoms with E-state index >= 15 is 0 Å². The minimum absolute atomic E-state index is 0.429. The van der Waals surface area contributed by atoms with Crippen molar-refractivity contribution in [3.8, 4) is 0 Å². The second kappa shape index (κ2) is 6.12. The second-order valence-electron chi connectivity index (χ2n) is 5.92. The third-order valence-electron chi connectivity index (χ3n) is 4.40. The molecule has 2 aromatic heterocycles. The van der Waals surface area contributed by atoms with Crippen LogP contribution >= 0.6 is 0 Å². The van der Waals surface area contributed by atoms with Gasteiger partial charge < -0.3 is 10.1 Å². The smallest absolute Gasteiger partial charge is 0.157 e. The number of rotatable bonds is 5. The van der Waals surface area contributed by atoms with E-state index in [0.717, 1.165) is 42.8 Å². The Hall–Kier alpha value is -1.46. The van der Waals surface area contributed by atoms with Crippen molar-refractivity contribution >= 4 is 11.0 Å². The first kappa shape index (κ1) is 14.5. The summed E-state index contributed by atoms with van der Waals surface area (Å²) in [5.74, 6) is 0.645. The van der Waals surface area contributed by atoms with Crippen molar-refractivity contribution in [3.63, 3.8) is 0 Å². The van der Waals surface area contributed by atoms with Crippen molar-refractivity contribution in [2.45, 2.75) is 39.3 Å². The van der Waals surface area contributed by atoms with Crippen LogP contribution < -0.4 is 5.32 Å². The molecule has 1 aliphatic rings. The first-order valence-electron chi connectivity index (χ1n) is 7.79. The molecule has 2 unspecified atom stereocenters. The Bertz CT molecular complexity index is 622. The van der Waals surface area contributed by atoms with E-state index in [1.807, 2.05) is 24.9 Å². The normalized spacial score (nSPS) is 22.2. The summed E-state index contributed by atoms with van der Waals surface area (Å²) < 4.78 is 7.57. The molecule has 1 saturated heterocycles. The van der Waals surface area contributed by atoms with Crippen LogP contribution in [-0.4, -0.2) is 34.0 Å². The largest absolute Gasteiger partial charge is 0.378 e. The van der Waals surface area contributed by atoms with E-state index in [2.05, 4.69) is 28.4 Å². The number of nitrogens with one attached hydrogen (secondary N) is 1. The topological polar surface area (TPSA) is 52.0 Å². The molecule has 2 atom stereocenters. The van der Waals surface area contributed by atoms with Crippen LogP contribution in [0.25, 0.3) is 11.0 Å². The zero-order valence-electron chi connectivity index (χ0n) is 13.1. The van der Waals surface area contributed by atoms with Gasteiger partial charge in [0.15, 0.2) is 5.65 Å². The SMILES string of the molecule is CCC1OCCC1CNCc1cnc2c(c1)c(C)nn2C. The monoisotopic (exact) mass is 288 g/mol. The van der Waals surface area contributed by atoms with Gasteiger partial charge in [-0.3, -0.25) is 4.68 Å². The van der Waals surface area contributed by atoms with Gasteiger partial charge in [0.1, 0.15) is 0 Å². The molecule has 3 heterocycles. The molecule has 21 heavy (non-hydrogen) atoms. The number of fused-ring (bicyclic) bond motifs is 1. The lowest BCUT2D eigenvalue weighted by molar-refractivity contribution is 0.0872. The van der Waals surface area contributed by atoms with Crippen molar-refractivity contribution in [1.82, 2.24) is 20.1 Å². The molecule has 0 amide bonds. The van der Waals surface area contributed by atoms with Gasteiger partial charge in [0.25, 0.3) is 0 Å². The van der Waals surface area contributed by atoms with Crippen LogP contribution in [0.15, 0.2) is 12.3 Å². The summed E-state index contributed by atoms with van der Waals surface area (Å²) in [5, 5.41) is 9.11. The Morgan fingerprint density at radius 3 is 3.14 bits per heavy atom. The van der Waals surface area contributed by atoms with Crippen LogP contribution in [0.3, 0.4) is 0 Å². The molecule has 1 fully saturated rings. The van der Waals surface area contributed by atoms with Crippen molar-refractivity contribution in [1.29, 1.82) is 0 Å². The summed E-state index contributed by atoms with van der Waals surface area (Å²) in [5.41, 5.74) is 3.20. The summed E-state index contributed by atoms with van der Waals surface area (Å²) in [6.45, 7) is 7.01. The van der Waals surface area contributed by atoms with E-state index in [1.54, 1.807) is 0 Å². The summed E-state index contributed by atoms with van der Waals surface area (Å²) in [7, 11) is 1.94. The number of hydrogen-bond donors (Lipinski definition) is 1. The lowest BCUT2D eigenvalue weighted by Gasteiger charge is -2.17. The molecule has 0 spiro atoms. The van der Waals surface area contributed by atoms with Gasteiger partial charge >= 0.3 is 0 Å². The molecule has 114 valence electrons. The molecule has 0 aliphatic carbocycles. The highest BCUT2D eigenvalue weighted by Crippen LogP contribution is 2.22. The average Bonchev–Trinajstić information content (AvgIpc) is 3.04. The molecule has 1 aliphatic heterocycles. The third-order valence-corrected chi connectivity index (χ3v) is 4.40. The van der Waals surface area contributed by atoms with Gasteiger partial charge in [-0.15, -0.1) is 0 Å². The molecule has 3 rings (SSSR count). The lowest BCUT2D eigenvalue weighted by Crippen LogP contribution is -2.28. The zero-order valence-corrected chi connectivity index (χ0v) is 13.1. The molecule has 1 N–H and O–H groups in total. The Kier molecular flexibility index (Phi) is 4.22. The van der Waals surface area contributed by atoms with E-state index in [4.69, 9.17) is 4.74 Å². The van der Waals surface area contributed by atoms with Crippen LogP contribution in [0, 0.1) is 12.8 Å². The third kappa shape index (κ3) is 2.94. The van der Waals surface area contributed by atoms with Gasteiger partial charge in [-0.05, 0) is 37.3 Å². The van der Waals surface area contributed by atoms with Gasteiger partial charge in [-0.1, -0.05) is 6.92 Å². The predicted octanol–water partition coefficient (Wildman–Crippen LogP) is 2.18. The summed E-state index contributed by atoms with van der Waals surface area (Å²) in [6.07, 6.45) is 4.65. The minimum Gasteiger partial charge on any atom is -0.378 e. The summed E-state index contributed by atoms with van der Waals surface area (Å²) >= 11 is 0. The first-order chi connectivity index (χ1) is 10.2. The Morgan fingerprint density at radius 1 is 1.48 bits per heavy atom. The molecule has 5 heteroatoms. The number of pyridine rings is 1. The highest BCUT2D eigenvalue weighted by Gasteiger charge is 2.25. The Labute approximate surface area is 125 Å². The molecular formula is C16H24N4O. The van der Waals surface area contributed by atoms with E-state index in [9.17, 15) is 0 Å². The number of nitrogens with zero attached hydrogens (tertiary/aromatic N) is 3. The molecule has 0 aromatic carbocycles. The van der Waals surface area contributed by atoms with Gasteiger partial charge in [0.05, 0.1) is 11.8 Å². The Balaban J connectivity index is 1.62. The summed E-state index contributed by atoms with van der Waals surface area (Å²) in [4.78, 5) is 4.52. The fourth-order valence-corrected chi connectivity index (χ4v) is 3.23. The van der Waals surface area contributed by atoms with Crippen LogP contribution in [-0.2, 0) is 18.3 Å². The van der Waals surface area contributed by atoms with E-state index < -0.39 is 0 Å². The standard InChI is InChI=1S/C16H24N4O/c1-4-15-13(5-6-21-15)10-17-8-12-7-14-11(2)19-20(3)16(14)18-9-12/h7,9,13,15,17H,4-6,8,10H2,1-3H3. The highest BCUT2D eigenvalue weighted by molar-refractivity contribution is 5.78. The number of ether oxygens (including phenoxy) is 1. The van der Waals surface area contributed by atoms with Crippen molar-refractivity contribution in [2.75, 3.05) is 13.2 Å². The fourth-order valence-electron chi connectivity index (χ4n) is 3.23. The number of aromatic nitrogens is 3. The minimum atomic E-state index is 0.429. The van der Waals surface area contributed by atoms with Crippen LogP contribution in [0.1, 0.15) is 31.0 Å². The molecule has 2 aromatic rings. The van der Waals surface area contributed by atoms with Crippen LogP contribution in [0.4, 0.5) is 0 Å². The van der Waals surface area contributed by atoms with Crippen LogP contribution in [0.5, 0.6) is 0 Å².